The van der Waals surface area contributed by atoms with E-state index in [0.29, 0.717) is 16.7 Å². The Morgan fingerprint density at radius 1 is 1.35 bits per heavy atom. The van der Waals surface area contributed by atoms with Crippen molar-refractivity contribution < 1.29 is 8.81 Å². The minimum Gasteiger partial charge on any atom is -0.459 e. The predicted octanol–water partition coefficient (Wildman–Crippen LogP) is 2.92. The molecule has 5 heteroatoms. The van der Waals surface area contributed by atoms with E-state index in [-0.39, 0.29) is 5.82 Å². The lowest BCUT2D eigenvalue weighted by Crippen LogP contribution is -2.15. The molecule has 104 valence electrons. The van der Waals surface area contributed by atoms with Crippen LogP contribution in [0.15, 0.2) is 34.7 Å². The van der Waals surface area contributed by atoms with Gasteiger partial charge in [0.2, 0.25) is 0 Å². The van der Waals surface area contributed by atoms with Crippen LogP contribution in [0.2, 0.25) is 0 Å². The van der Waals surface area contributed by atoms with Gasteiger partial charge in [0.15, 0.2) is 0 Å². The van der Waals surface area contributed by atoms with E-state index in [0.717, 1.165) is 17.8 Å². The quantitative estimate of drug-likeness (QED) is 0.798. The molecule has 0 spiro atoms. The van der Waals surface area contributed by atoms with Crippen LogP contribution in [-0.2, 0) is 13.5 Å². The fourth-order valence-electron chi connectivity index (χ4n) is 2.34. The zero-order valence-corrected chi connectivity index (χ0v) is 11.4. The van der Waals surface area contributed by atoms with Gasteiger partial charge >= 0.3 is 0 Å². The van der Waals surface area contributed by atoms with Crippen molar-refractivity contribution in [3.8, 4) is 0 Å². The summed E-state index contributed by atoms with van der Waals surface area (Å²) in [6.45, 7) is 2.04. The van der Waals surface area contributed by atoms with Crippen LogP contribution in [0.1, 0.15) is 30.1 Å². The van der Waals surface area contributed by atoms with Crippen molar-refractivity contribution in [1.29, 1.82) is 0 Å². The van der Waals surface area contributed by atoms with Crippen LogP contribution in [0.25, 0.3) is 11.0 Å². The van der Waals surface area contributed by atoms with Gasteiger partial charge in [0.1, 0.15) is 23.2 Å². The van der Waals surface area contributed by atoms with E-state index in [9.17, 15) is 4.39 Å². The molecule has 2 heterocycles. The monoisotopic (exact) mass is 273 g/mol. The molecule has 0 saturated heterocycles. The molecule has 3 aromatic rings. The second-order valence-electron chi connectivity index (χ2n) is 4.85. The van der Waals surface area contributed by atoms with E-state index < -0.39 is 6.04 Å². The van der Waals surface area contributed by atoms with Crippen molar-refractivity contribution >= 4 is 11.0 Å². The Kier molecular flexibility index (Phi) is 3.06. The largest absolute Gasteiger partial charge is 0.459 e. The van der Waals surface area contributed by atoms with Crippen molar-refractivity contribution in [2.75, 3.05) is 0 Å². The summed E-state index contributed by atoms with van der Waals surface area (Å²) in [7, 11) is 1.86. The van der Waals surface area contributed by atoms with Crippen molar-refractivity contribution in [1.82, 2.24) is 9.78 Å². The van der Waals surface area contributed by atoms with Gasteiger partial charge in [-0.3, -0.25) is 4.68 Å². The van der Waals surface area contributed by atoms with Crippen molar-refractivity contribution in [3.63, 3.8) is 0 Å². The average molecular weight is 273 g/mol. The van der Waals surface area contributed by atoms with E-state index in [1.807, 2.05) is 20.0 Å². The highest BCUT2D eigenvalue weighted by molar-refractivity contribution is 5.78. The molecule has 0 radical (unpaired) electrons. The Morgan fingerprint density at radius 3 is 2.85 bits per heavy atom. The summed E-state index contributed by atoms with van der Waals surface area (Å²) < 4.78 is 20.7. The summed E-state index contributed by atoms with van der Waals surface area (Å²) in [5.41, 5.74) is 8.74. The molecule has 20 heavy (non-hydrogen) atoms. The van der Waals surface area contributed by atoms with Gasteiger partial charge in [-0.05, 0) is 36.8 Å². The molecule has 0 aliphatic rings. The third-order valence-electron chi connectivity index (χ3n) is 3.45. The van der Waals surface area contributed by atoms with Gasteiger partial charge in [-0.2, -0.15) is 5.10 Å². The molecule has 2 N–H and O–H groups in total. The Hall–Kier alpha value is -2.14. The Balaban J connectivity index is 2.02. The van der Waals surface area contributed by atoms with Crippen LogP contribution >= 0.6 is 0 Å². The fraction of sp³-hybridized carbons (Fsp3) is 0.267. The topological polar surface area (TPSA) is 57.0 Å². The summed E-state index contributed by atoms with van der Waals surface area (Å²) in [4.78, 5) is 0. The van der Waals surface area contributed by atoms with Gasteiger partial charge in [0, 0.05) is 12.4 Å². The van der Waals surface area contributed by atoms with Gasteiger partial charge in [0.25, 0.3) is 0 Å². The number of benzene rings is 1. The van der Waals surface area contributed by atoms with Crippen LogP contribution in [0.3, 0.4) is 0 Å². The molecule has 4 nitrogen and oxygen atoms in total. The van der Waals surface area contributed by atoms with E-state index in [1.54, 1.807) is 16.8 Å². The highest BCUT2D eigenvalue weighted by atomic mass is 19.1. The molecule has 0 amide bonds. The van der Waals surface area contributed by atoms with Crippen molar-refractivity contribution in [2.24, 2.45) is 12.8 Å². The molecule has 0 fully saturated rings. The number of nitrogens with two attached hydrogens (primary N) is 1. The van der Waals surface area contributed by atoms with E-state index >= 15 is 0 Å². The van der Waals surface area contributed by atoms with Gasteiger partial charge in [0.05, 0.1) is 11.4 Å². The number of nitrogens with zero attached hydrogens (tertiary/aromatic N) is 2. The summed E-state index contributed by atoms with van der Waals surface area (Å²) in [6, 6.07) is 7.76. The highest BCUT2D eigenvalue weighted by Crippen LogP contribution is 2.27. The molecular formula is C15H16FN3O. The normalized spacial score (nSPS) is 13.0. The Morgan fingerprint density at radius 2 is 2.15 bits per heavy atom. The number of halogens is 1. The van der Waals surface area contributed by atoms with Gasteiger partial charge in [-0.1, -0.05) is 6.92 Å². The molecular weight excluding hydrogens is 257 g/mol. The maximum atomic E-state index is 13.2. The summed E-state index contributed by atoms with van der Waals surface area (Å²) >= 11 is 0. The fourth-order valence-corrected chi connectivity index (χ4v) is 2.34. The minimum atomic E-state index is -0.414. The first-order valence-corrected chi connectivity index (χ1v) is 6.56. The SMILES string of the molecule is CCc1cc(C(N)c2cc3cc(F)ccc3o2)n(C)n1. The number of rotatable bonds is 3. The summed E-state index contributed by atoms with van der Waals surface area (Å²) in [5, 5.41) is 5.09. The second-order valence-corrected chi connectivity index (χ2v) is 4.85. The highest BCUT2D eigenvalue weighted by Gasteiger charge is 2.18. The predicted molar refractivity (Wildman–Crippen MR) is 74.8 cm³/mol. The zero-order valence-electron chi connectivity index (χ0n) is 11.4. The molecule has 1 unspecified atom stereocenters. The average Bonchev–Trinajstić information content (AvgIpc) is 3.00. The molecule has 3 rings (SSSR count). The molecule has 0 bridgehead atoms. The molecule has 1 aromatic carbocycles. The van der Waals surface area contributed by atoms with E-state index in [1.165, 1.54) is 12.1 Å². The van der Waals surface area contributed by atoms with E-state index in [2.05, 4.69) is 5.10 Å². The van der Waals surface area contributed by atoms with Crippen LogP contribution in [0.4, 0.5) is 4.39 Å². The number of hydrogen-bond acceptors (Lipinski definition) is 3. The number of aromatic nitrogens is 2. The number of hydrogen-bond donors (Lipinski definition) is 1. The van der Waals surface area contributed by atoms with Crippen LogP contribution in [-0.4, -0.2) is 9.78 Å². The lowest BCUT2D eigenvalue weighted by Gasteiger charge is -2.08. The standard InChI is InChI=1S/C15H16FN3O/c1-3-11-8-12(19(2)18-11)15(17)14-7-9-6-10(16)4-5-13(9)20-14/h4-8,15H,3,17H2,1-2H3. The first-order valence-electron chi connectivity index (χ1n) is 6.56. The summed E-state index contributed by atoms with van der Waals surface area (Å²) in [5.74, 6) is 0.323. The lowest BCUT2D eigenvalue weighted by atomic mass is 10.1. The molecule has 1 atom stereocenters. The first-order chi connectivity index (χ1) is 9.58. The Labute approximate surface area is 116 Å². The Bertz CT molecular complexity index is 760. The maximum absolute atomic E-state index is 13.2. The van der Waals surface area contributed by atoms with Crippen LogP contribution in [0, 0.1) is 5.82 Å². The minimum absolute atomic E-state index is 0.285. The second kappa shape index (κ2) is 4.76. The maximum Gasteiger partial charge on any atom is 0.134 e. The van der Waals surface area contributed by atoms with Crippen molar-refractivity contribution in [3.05, 3.63) is 53.3 Å². The van der Waals surface area contributed by atoms with Gasteiger partial charge in [-0.25, -0.2) is 4.39 Å². The van der Waals surface area contributed by atoms with E-state index in [4.69, 9.17) is 10.2 Å². The summed E-state index contributed by atoms with van der Waals surface area (Å²) in [6.07, 6.45) is 0.853. The van der Waals surface area contributed by atoms with Crippen LogP contribution < -0.4 is 5.73 Å². The number of aryl methyl sites for hydroxylation is 2. The third kappa shape index (κ3) is 2.10. The van der Waals surface area contributed by atoms with Crippen LogP contribution in [0.5, 0.6) is 0 Å². The van der Waals surface area contributed by atoms with Crippen molar-refractivity contribution in [2.45, 2.75) is 19.4 Å². The van der Waals surface area contributed by atoms with Gasteiger partial charge in [-0.15, -0.1) is 0 Å². The molecule has 0 aliphatic carbocycles. The molecule has 2 aromatic heterocycles. The van der Waals surface area contributed by atoms with Gasteiger partial charge < -0.3 is 10.2 Å². The number of furan rings is 1. The zero-order chi connectivity index (χ0) is 14.3. The number of fused-ring (bicyclic) bond motifs is 1. The first kappa shape index (κ1) is 12.9. The smallest absolute Gasteiger partial charge is 0.134 e. The molecule has 0 aliphatic heterocycles. The molecule has 0 saturated carbocycles. The third-order valence-corrected chi connectivity index (χ3v) is 3.45. The lowest BCUT2D eigenvalue weighted by molar-refractivity contribution is 0.509.